The van der Waals surface area contributed by atoms with Gasteiger partial charge in [-0.15, -0.1) is 0 Å². The van der Waals surface area contributed by atoms with Crippen molar-refractivity contribution >= 4 is 5.82 Å². The van der Waals surface area contributed by atoms with Gasteiger partial charge in [-0.3, -0.25) is 0 Å². The molecule has 0 bridgehead atoms. The summed E-state index contributed by atoms with van der Waals surface area (Å²) in [6.45, 7) is 3.39. The molecule has 1 aliphatic rings. The number of pyridine rings is 1. The minimum Gasteiger partial charge on any atom is -0.384 e. The zero-order valence-electron chi connectivity index (χ0n) is 12.1. The van der Waals surface area contributed by atoms with Gasteiger partial charge in [0.15, 0.2) is 0 Å². The van der Waals surface area contributed by atoms with Gasteiger partial charge in [0.2, 0.25) is 0 Å². The molecule has 1 aliphatic carbocycles. The van der Waals surface area contributed by atoms with Crippen molar-refractivity contribution in [3.63, 3.8) is 0 Å². The molecule has 2 atom stereocenters. The van der Waals surface area contributed by atoms with E-state index in [2.05, 4.69) is 23.3 Å². The van der Waals surface area contributed by atoms with Crippen LogP contribution in [0.3, 0.4) is 0 Å². The van der Waals surface area contributed by atoms with Gasteiger partial charge in [0.1, 0.15) is 5.82 Å². The first-order chi connectivity index (χ1) is 9.28. The van der Waals surface area contributed by atoms with Crippen LogP contribution in [0, 0.1) is 5.92 Å². The first kappa shape index (κ1) is 14.3. The molecule has 3 nitrogen and oxygen atoms in total. The van der Waals surface area contributed by atoms with Crippen molar-refractivity contribution in [2.75, 3.05) is 12.3 Å². The molecule has 0 radical (unpaired) electrons. The van der Waals surface area contributed by atoms with Gasteiger partial charge in [0, 0.05) is 12.2 Å². The molecule has 106 valence electrons. The Hall–Kier alpha value is -1.09. The van der Waals surface area contributed by atoms with Crippen molar-refractivity contribution in [1.29, 1.82) is 0 Å². The number of nitrogen functional groups attached to an aromatic ring is 1. The monoisotopic (exact) mass is 261 g/mol. The van der Waals surface area contributed by atoms with Gasteiger partial charge in [-0.05, 0) is 55.8 Å². The Morgan fingerprint density at radius 2 is 2.21 bits per heavy atom. The fraction of sp³-hybridized carbons (Fsp3) is 0.688. The van der Waals surface area contributed by atoms with Gasteiger partial charge in [0.25, 0.3) is 0 Å². The summed E-state index contributed by atoms with van der Waals surface area (Å²) in [5, 5.41) is 3.70. The van der Waals surface area contributed by atoms with Crippen molar-refractivity contribution in [2.24, 2.45) is 5.92 Å². The number of nitrogens with two attached hydrogens (primary N) is 1. The minimum absolute atomic E-state index is 0.645. The zero-order valence-corrected chi connectivity index (χ0v) is 12.1. The van der Waals surface area contributed by atoms with E-state index in [-0.39, 0.29) is 0 Å². The van der Waals surface area contributed by atoms with E-state index in [4.69, 9.17) is 5.73 Å². The van der Waals surface area contributed by atoms with E-state index in [1.165, 1.54) is 44.1 Å². The SMILES string of the molecule is CCCNC1CCCCC(Cc2ccnc(N)c2)C1. The Kier molecular flexibility index (Phi) is 5.64. The average molecular weight is 261 g/mol. The van der Waals surface area contributed by atoms with Crippen LogP contribution in [-0.2, 0) is 6.42 Å². The third-order valence-electron chi connectivity index (χ3n) is 4.09. The molecule has 2 unspecified atom stereocenters. The quantitative estimate of drug-likeness (QED) is 0.801. The Balaban J connectivity index is 1.90. The summed E-state index contributed by atoms with van der Waals surface area (Å²) in [7, 11) is 0. The van der Waals surface area contributed by atoms with Gasteiger partial charge in [-0.1, -0.05) is 26.2 Å². The van der Waals surface area contributed by atoms with E-state index in [1.807, 2.05) is 12.3 Å². The normalized spacial score (nSPS) is 24.1. The molecule has 1 aromatic rings. The predicted octanol–water partition coefficient (Wildman–Crippen LogP) is 3.15. The molecule has 3 N–H and O–H groups in total. The van der Waals surface area contributed by atoms with E-state index in [9.17, 15) is 0 Å². The topological polar surface area (TPSA) is 50.9 Å². The van der Waals surface area contributed by atoms with Gasteiger partial charge in [0.05, 0.1) is 0 Å². The van der Waals surface area contributed by atoms with Crippen molar-refractivity contribution in [3.05, 3.63) is 23.9 Å². The van der Waals surface area contributed by atoms with Crippen LogP contribution in [0.25, 0.3) is 0 Å². The molecule has 0 aromatic carbocycles. The Morgan fingerprint density at radius 3 is 3.00 bits per heavy atom. The Labute approximate surface area is 117 Å². The van der Waals surface area contributed by atoms with Crippen LogP contribution in [0.4, 0.5) is 5.82 Å². The summed E-state index contributed by atoms with van der Waals surface area (Å²) in [6.07, 6.45) is 10.9. The van der Waals surface area contributed by atoms with Crippen LogP contribution in [0.15, 0.2) is 18.3 Å². The molecule has 3 heteroatoms. The van der Waals surface area contributed by atoms with Crippen molar-refractivity contribution in [1.82, 2.24) is 10.3 Å². The fourth-order valence-electron chi connectivity index (χ4n) is 3.14. The van der Waals surface area contributed by atoms with Crippen LogP contribution in [0.1, 0.15) is 51.0 Å². The maximum absolute atomic E-state index is 5.76. The molecule has 1 fully saturated rings. The summed E-state index contributed by atoms with van der Waals surface area (Å²) >= 11 is 0. The van der Waals surface area contributed by atoms with Gasteiger partial charge in [-0.25, -0.2) is 4.98 Å². The minimum atomic E-state index is 0.645. The van der Waals surface area contributed by atoms with E-state index >= 15 is 0 Å². The molecule has 1 heterocycles. The molecule has 19 heavy (non-hydrogen) atoms. The zero-order chi connectivity index (χ0) is 13.5. The van der Waals surface area contributed by atoms with Crippen LogP contribution in [0.2, 0.25) is 0 Å². The second kappa shape index (κ2) is 7.49. The first-order valence-corrected chi connectivity index (χ1v) is 7.71. The third kappa shape index (κ3) is 4.83. The summed E-state index contributed by atoms with van der Waals surface area (Å²) in [5.41, 5.74) is 7.11. The lowest BCUT2D eigenvalue weighted by atomic mass is 9.91. The van der Waals surface area contributed by atoms with Crippen LogP contribution < -0.4 is 11.1 Å². The standard InChI is InChI=1S/C16H27N3/c1-2-8-18-15-6-4-3-5-13(11-15)10-14-7-9-19-16(17)12-14/h7,9,12-13,15,18H,2-6,8,10-11H2,1H3,(H2,17,19). The first-order valence-electron chi connectivity index (χ1n) is 7.71. The van der Waals surface area contributed by atoms with E-state index < -0.39 is 0 Å². The number of nitrogens with zero attached hydrogens (tertiary/aromatic N) is 1. The lowest BCUT2D eigenvalue weighted by Gasteiger charge is -2.21. The van der Waals surface area contributed by atoms with Gasteiger partial charge >= 0.3 is 0 Å². The largest absolute Gasteiger partial charge is 0.384 e. The lowest BCUT2D eigenvalue weighted by molar-refractivity contribution is 0.384. The number of hydrogen-bond donors (Lipinski definition) is 2. The number of anilines is 1. The molecule has 0 amide bonds. The van der Waals surface area contributed by atoms with Crippen LogP contribution in [0.5, 0.6) is 0 Å². The van der Waals surface area contributed by atoms with E-state index in [0.29, 0.717) is 11.9 Å². The third-order valence-corrected chi connectivity index (χ3v) is 4.09. The molecule has 0 saturated heterocycles. The van der Waals surface area contributed by atoms with Gasteiger partial charge in [-0.2, -0.15) is 0 Å². The summed E-state index contributed by atoms with van der Waals surface area (Å²) in [5.74, 6) is 1.44. The van der Waals surface area contributed by atoms with E-state index in [0.717, 1.165) is 18.9 Å². The molecule has 2 rings (SSSR count). The highest BCUT2D eigenvalue weighted by Gasteiger charge is 2.20. The number of rotatable bonds is 5. The van der Waals surface area contributed by atoms with E-state index in [1.54, 1.807) is 0 Å². The number of hydrogen-bond acceptors (Lipinski definition) is 3. The molecule has 0 aliphatic heterocycles. The molecule has 1 saturated carbocycles. The lowest BCUT2D eigenvalue weighted by Crippen LogP contribution is -2.31. The van der Waals surface area contributed by atoms with Crippen molar-refractivity contribution in [3.8, 4) is 0 Å². The highest BCUT2D eigenvalue weighted by molar-refractivity contribution is 5.31. The second-order valence-corrected chi connectivity index (χ2v) is 5.83. The van der Waals surface area contributed by atoms with Crippen LogP contribution in [-0.4, -0.2) is 17.6 Å². The molecule has 0 spiro atoms. The smallest absolute Gasteiger partial charge is 0.123 e. The summed E-state index contributed by atoms with van der Waals surface area (Å²) in [6, 6.07) is 4.85. The van der Waals surface area contributed by atoms with Gasteiger partial charge < -0.3 is 11.1 Å². The Bertz CT molecular complexity index is 378. The molecular formula is C16H27N3. The van der Waals surface area contributed by atoms with Crippen LogP contribution >= 0.6 is 0 Å². The summed E-state index contributed by atoms with van der Waals surface area (Å²) in [4.78, 5) is 4.07. The highest BCUT2D eigenvalue weighted by atomic mass is 14.9. The number of nitrogens with one attached hydrogen (secondary N) is 1. The maximum atomic E-state index is 5.76. The fourth-order valence-corrected chi connectivity index (χ4v) is 3.14. The predicted molar refractivity (Wildman–Crippen MR) is 81.0 cm³/mol. The Morgan fingerprint density at radius 1 is 1.37 bits per heavy atom. The van der Waals surface area contributed by atoms with Crippen molar-refractivity contribution < 1.29 is 0 Å². The highest BCUT2D eigenvalue weighted by Crippen LogP contribution is 2.26. The maximum Gasteiger partial charge on any atom is 0.123 e. The van der Waals surface area contributed by atoms with Crippen molar-refractivity contribution in [2.45, 2.75) is 57.9 Å². The number of aromatic nitrogens is 1. The molecular weight excluding hydrogens is 234 g/mol. The average Bonchev–Trinajstić information content (AvgIpc) is 2.62. The second-order valence-electron chi connectivity index (χ2n) is 5.83. The summed E-state index contributed by atoms with van der Waals surface area (Å²) < 4.78 is 0. The molecule has 1 aromatic heterocycles.